The maximum absolute atomic E-state index is 16.5. The number of anilines is 1. The number of aromatic nitrogens is 2. The van der Waals surface area contributed by atoms with E-state index in [-0.39, 0.29) is 47.4 Å². The van der Waals surface area contributed by atoms with Crippen molar-refractivity contribution in [3.63, 3.8) is 0 Å². The third kappa shape index (κ3) is 5.05. The number of amides is 1. The Balaban J connectivity index is 1.47. The Hall–Kier alpha value is -4.14. The number of benzene rings is 2. The van der Waals surface area contributed by atoms with E-state index in [2.05, 4.69) is 27.5 Å². The standard InChI is InChI=1S/C31H30F2N6O2S/c1-3-25(40)39-14-13-38(17-20(39)9-11-34)30-23-16-24(32)26(22-8-4-6-19-10-15-42-29(19)22)27(33)28(23)35-31(36-30)41-18-21-7-5-12-37(21)2/h3-4,6,8,10,15-16,20-21H,1,5,7,9,12-14,17-18H2,2H3/t20-,21-/m0/s1. The first-order chi connectivity index (χ1) is 20.4. The molecule has 0 saturated carbocycles. The first-order valence-corrected chi connectivity index (χ1v) is 14.8. The Morgan fingerprint density at radius 1 is 1.24 bits per heavy atom. The molecule has 11 heteroatoms. The molecule has 4 heterocycles. The van der Waals surface area contributed by atoms with E-state index in [0.717, 1.165) is 29.5 Å². The number of hydrogen-bond donors (Lipinski definition) is 0. The number of halogens is 2. The van der Waals surface area contributed by atoms with Crippen molar-refractivity contribution in [3.8, 4) is 23.2 Å². The van der Waals surface area contributed by atoms with E-state index in [1.54, 1.807) is 17.0 Å². The van der Waals surface area contributed by atoms with Gasteiger partial charge in [-0.3, -0.25) is 4.79 Å². The third-order valence-electron chi connectivity index (χ3n) is 8.23. The Bertz CT molecular complexity index is 1720. The molecule has 2 aliphatic heterocycles. The van der Waals surface area contributed by atoms with Crippen LogP contribution in [0.25, 0.3) is 32.1 Å². The molecule has 2 aromatic heterocycles. The number of fused-ring (bicyclic) bond motifs is 2. The molecule has 0 spiro atoms. The average Bonchev–Trinajstić information content (AvgIpc) is 3.65. The van der Waals surface area contributed by atoms with Crippen molar-refractivity contribution >= 4 is 44.1 Å². The lowest BCUT2D eigenvalue weighted by atomic mass is 10.0. The lowest BCUT2D eigenvalue weighted by Gasteiger charge is -2.41. The van der Waals surface area contributed by atoms with Crippen molar-refractivity contribution in [2.75, 3.05) is 44.7 Å². The second kappa shape index (κ2) is 11.6. The largest absolute Gasteiger partial charge is 0.462 e. The molecule has 1 amide bonds. The van der Waals surface area contributed by atoms with Gasteiger partial charge in [-0.05, 0) is 55.4 Å². The van der Waals surface area contributed by atoms with Crippen LogP contribution < -0.4 is 9.64 Å². The highest BCUT2D eigenvalue weighted by molar-refractivity contribution is 7.17. The fourth-order valence-corrected chi connectivity index (χ4v) is 6.92. The van der Waals surface area contributed by atoms with E-state index in [1.807, 2.05) is 29.5 Å². The number of likely N-dealkylation sites (tertiary alicyclic amines) is 1. The van der Waals surface area contributed by atoms with Gasteiger partial charge < -0.3 is 19.4 Å². The molecule has 42 heavy (non-hydrogen) atoms. The summed E-state index contributed by atoms with van der Waals surface area (Å²) in [5.74, 6) is -1.47. The van der Waals surface area contributed by atoms with Crippen LogP contribution in [-0.4, -0.2) is 77.6 Å². The van der Waals surface area contributed by atoms with E-state index in [1.165, 1.54) is 23.5 Å². The SMILES string of the molecule is C=CC(=O)N1CCN(c2nc(OC[C@@H]3CCCN3C)nc3c(F)c(-c4cccc5ccsc45)c(F)cc23)C[C@@H]1CC#N. The van der Waals surface area contributed by atoms with Crippen molar-refractivity contribution < 1.29 is 18.3 Å². The van der Waals surface area contributed by atoms with Crippen LogP contribution in [0, 0.1) is 23.0 Å². The molecule has 2 atom stereocenters. The maximum Gasteiger partial charge on any atom is 0.319 e. The van der Waals surface area contributed by atoms with Gasteiger partial charge in [0.05, 0.1) is 24.1 Å². The smallest absolute Gasteiger partial charge is 0.319 e. The number of thiophene rings is 1. The van der Waals surface area contributed by atoms with E-state index >= 15 is 8.78 Å². The zero-order chi connectivity index (χ0) is 29.4. The van der Waals surface area contributed by atoms with Crippen molar-refractivity contribution in [1.29, 1.82) is 5.26 Å². The van der Waals surface area contributed by atoms with Crippen LogP contribution >= 0.6 is 11.3 Å². The number of nitrogens with zero attached hydrogens (tertiary/aromatic N) is 6. The summed E-state index contributed by atoms with van der Waals surface area (Å²) in [5, 5.41) is 12.5. The van der Waals surface area contributed by atoms with Gasteiger partial charge in [0.1, 0.15) is 23.8 Å². The summed E-state index contributed by atoms with van der Waals surface area (Å²) in [7, 11) is 2.03. The summed E-state index contributed by atoms with van der Waals surface area (Å²) in [6.07, 6.45) is 3.36. The van der Waals surface area contributed by atoms with E-state index < -0.39 is 17.7 Å². The van der Waals surface area contributed by atoms with Gasteiger partial charge in [0, 0.05) is 41.3 Å². The molecule has 0 radical (unpaired) electrons. The van der Waals surface area contributed by atoms with E-state index in [4.69, 9.17) is 4.74 Å². The van der Waals surface area contributed by atoms with Crippen LogP contribution in [0.3, 0.4) is 0 Å². The van der Waals surface area contributed by atoms with Crippen LogP contribution in [0.5, 0.6) is 6.01 Å². The maximum atomic E-state index is 16.5. The molecular formula is C31H30F2N6O2S. The quantitative estimate of drug-likeness (QED) is 0.268. The molecule has 4 aromatic rings. The predicted molar refractivity (Wildman–Crippen MR) is 160 cm³/mol. The summed E-state index contributed by atoms with van der Waals surface area (Å²) >= 11 is 1.42. The highest BCUT2D eigenvalue weighted by atomic mass is 32.1. The monoisotopic (exact) mass is 588 g/mol. The Kier molecular flexibility index (Phi) is 7.75. The van der Waals surface area contributed by atoms with Gasteiger partial charge in [-0.2, -0.15) is 15.2 Å². The highest BCUT2D eigenvalue weighted by Crippen LogP contribution is 2.40. The normalized spacial score (nSPS) is 19.4. The fraction of sp³-hybridized carbons (Fsp3) is 0.355. The van der Waals surface area contributed by atoms with Crippen molar-refractivity contribution in [3.05, 3.63) is 60.0 Å². The predicted octanol–water partition coefficient (Wildman–Crippen LogP) is 5.38. The van der Waals surface area contributed by atoms with Gasteiger partial charge in [0.15, 0.2) is 5.82 Å². The molecule has 2 fully saturated rings. The van der Waals surface area contributed by atoms with Crippen molar-refractivity contribution in [1.82, 2.24) is 19.8 Å². The molecule has 2 saturated heterocycles. The number of nitriles is 1. The third-order valence-corrected chi connectivity index (χ3v) is 9.20. The summed E-state index contributed by atoms with van der Waals surface area (Å²) < 4.78 is 39.2. The highest BCUT2D eigenvalue weighted by Gasteiger charge is 2.32. The Morgan fingerprint density at radius 2 is 2.10 bits per heavy atom. The number of rotatable bonds is 7. The number of likely N-dealkylation sites (N-methyl/N-ethyl adjacent to an activating group) is 1. The molecule has 8 nitrogen and oxygen atoms in total. The minimum absolute atomic E-state index is 0.00465. The zero-order valence-corrected chi connectivity index (χ0v) is 24.0. The number of carbonyl (C=O) groups is 1. The zero-order valence-electron chi connectivity index (χ0n) is 23.2. The molecular weight excluding hydrogens is 558 g/mol. The number of hydrogen-bond acceptors (Lipinski definition) is 8. The summed E-state index contributed by atoms with van der Waals surface area (Å²) in [6, 6.07) is 10.5. The average molecular weight is 589 g/mol. The topological polar surface area (TPSA) is 85.6 Å². The van der Waals surface area contributed by atoms with Crippen LogP contribution in [0.2, 0.25) is 0 Å². The van der Waals surface area contributed by atoms with Crippen molar-refractivity contribution in [2.24, 2.45) is 0 Å². The van der Waals surface area contributed by atoms with Crippen LogP contribution in [0.4, 0.5) is 14.6 Å². The van der Waals surface area contributed by atoms with Crippen LogP contribution in [0.1, 0.15) is 19.3 Å². The Labute approximate surface area is 246 Å². The second-order valence-electron chi connectivity index (χ2n) is 10.7. The van der Waals surface area contributed by atoms with Gasteiger partial charge in [0.2, 0.25) is 5.91 Å². The minimum Gasteiger partial charge on any atom is -0.462 e. The molecule has 0 aliphatic carbocycles. The van der Waals surface area contributed by atoms with Gasteiger partial charge in [0.25, 0.3) is 0 Å². The number of piperazine rings is 1. The number of ether oxygens (including phenoxy) is 1. The molecule has 6 rings (SSSR count). The molecule has 0 N–H and O–H groups in total. The van der Waals surface area contributed by atoms with Gasteiger partial charge >= 0.3 is 6.01 Å². The number of carbonyl (C=O) groups excluding carboxylic acids is 1. The van der Waals surface area contributed by atoms with Crippen LogP contribution in [0.15, 0.2) is 48.4 Å². The van der Waals surface area contributed by atoms with E-state index in [0.29, 0.717) is 31.1 Å². The lowest BCUT2D eigenvalue weighted by molar-refractivity contribution is -0.128. The first-order valence-electron chi connectivity index (χ1n) is 13.9. The fourth-order valence-electron chi connectivity index (χ4n) is 6.00. The summed E-state index contributed by atoms with van der Waals surface area (Å²) in [5.41, 5.74) is 0.270. The molecule has 2 aliphatic rings. The summed E-state index contributed by atoms with van der Waals surface area (Å²) in [4.78, 5) is 27.3. The van der Waals surface area contributed by atoms with Gasteiger partial charge in [-0.15, -0.1) is 11.3 Å². The molecule has 2 aromatic carbocycles. The van der Waals surface area contributed by atoms with Gasteiger partial charge in [-0.25, -0.2) is 8.78 Å². The van der Waals surface area contributed by atoms with E-state index in [9.17, 15) is 10.1 Å². The van der Waals surface area contributed by atoms with Gasteiger partial charge in [-0.1, -0.05) is 24.8 Å². The lowest BCUT2D eigenvalue weighted by Crippen LogP contribution is -2.55. The van der Waals surface area contributed by atoms with Crippen LogP contribution in [-0.2, 0) is 4.79 Å². The summed E-state index contributed by atoms with van der Waals surface area (Å²) in [6.45, 7) is 5.78. The Morgan fingerprint density at radius 3 is 2.86 bits per heavy atom. The molecule has 216 valence electrons. The van der Waals surface area contributed by atoms with Crippen molar-refractivity contribution in [2.45, 2.75) is 31.3 Å². The second-order valence-corrected chi connectivity index (χ2v) is 11.6. The molecule has 0 bridgehead atoms. The first kappa shape index (κ1) is 28.0. The molecule has 0 unspecified atom stereocenters. The minimum atomic E-state index is -0.786.